The van der Waals surface area contributed by atoms with Gasteiger partial charge in [-0.05, 0) is 49.2 Å². The summed E-state index contributed by atoms with van der Waals surface area (Å²) in [6, 6.07) is 18.5. The lowest BCUT2D eigenvalue weighted by molar-refractivity contribution is 0.831. The van der Waals surface area contributed by atoms with Crippen LogP contribution in [0.15, 0.2) is 48.5 Å². The Balaban J connectivity index is 2.21. The van der Waals surface area contributed by atoms with E-state index in [1.165, 1.54) is 16.8 Å². The molecule has 2 rings (SSSR count). The van der Waals surface area contributed by atoms with Gasteiger partial charge in [-0.25, -0.2) is 0 Å². The van der Waals surface area contributed by atoms with Crippen LogP contribution in [0.3, 0.4) is 0 Å². The van der Waals surface area contributed by atoms with E-state index in [0.29, 0.717) is 0 Å². The molecule has 0 saturated heterocycles. The molecule has 0 N–H and O–H groups in total. The Hall–Kier alpha value is -2.27. The van der Waals surface area contributed by atoms with Crippen LogP contribution in [0.1, 0.15) is 23.6 Å². The number of benzene rings is 2. The van der Waals surface area contributed by atoms with E-state index < -0.39 is 0 Å². The van der Waals surface area contributed by atoms with Crippen molar-refractivity contribution in [3.63, 3.8) is 0 Å². The Morgan fingerprint density at radius 3 is 2.58 bits per heavy atom. The number of nitriles is 1. The van der Waals surface area contributed by atoms with E-state index in [0.717, 1.165) is 18.7 Å². The molecule has 0 atom stereocenters. The SMILES string of the molecule is CCN(Cc1cccc(C#N)c1)c1cccc(C)c1. The highest BCUT2D eigenvalue weighted by Gasteiger charge is 2.05. The highest BCUT2D eigenvalue weighted by molar-refractivity contribution is 5.49. The van der Waals surface area contributed by atoms with Crippen LogP contribution in [0.5, 0.6) is 0 Å². The molecule has 2 nitrogen and oxygen atoms in total. The summed E-state index contributed by atoms with van der Waals surface area (Å²) in [7, 11) is 0. The van der Waals surface area contributed by atoms with Gasteiger partial charge >= 0.3 is 0 Å². The van der Waals surface area contributed by atoms with Crippen LogP contribution in [-0.2, 0) is 6.54 Å². The molecule has 0 aliphatic rings. The average Bonchev–Trinajstić information content (AvgIpc) is 2.45. The maximum atomic E-state index is 8.94. The van der Waals surface area contributed by atoms with Gasteiger partial charge in [0.2, 0.25) is 0 Å². The minimum Gasteiger partial charge on any atom is -0.367 e. The molecule has 0 bridgehead atoms. The van der Waals surface area contributed by atoms with E-state index in [1.54, 1.807) is 0 Å². The Kier molecular flexibility index (Phi) is 4.20. The quantitative estimate of drug-likeness (QED) is 0.823. The van der Waals surface area contributed by atoms with Crippen LogP contribution in [0.2, 0.25) is 0 Å². The molecular weight excluding hydrogens is 232 g/mol. The van der Waals surface area contributed by atoms with E-state index in [9.17, 15) is 0 Å². The topological polar surface area (TPSA) is 27.0 Å². The lowest BCUT2D eigenvalue weighted by Gasteiger charge is -2.23. The van der Waals surface area contributed by atoms with Gasteiger partial charge in [0.25, 0.3) is 0 Å². The van der Waals surface area contributed by atoms with Gasteiger partial charge in [-0.3, -0.25) is 0 Å². The number of aryl methyl sites for hydroxylation is 1. The second-order valence-corrected chi connectivity index (χ2v) is 4.67. The standard InChI is InChI=1S/C17H18N2/c1-3-19(17-9-4-6-14(2)10-17)13-16-8-5-7-15(11-16)12-18/h4-11H,3,13H2,1-2H3. The first-order valence-electron chi connectivity index (χ1n) is 6.53. The van der Waals surface area contributed by atoms with Gasteiger partial charge in [0.1, 0.15) is 0 Å². The zero-order valence-electron chi connectivity index (χ0n) is 11.4. The minimum atomic E-state index is 0.720. The molecule has 0 spiro atoms. The molecule has 0 heterocycles. The van der Waals surface area contributed by atoms with E-state index in [2.05, 4.69) is 55.1 Å². The third-order valence-electron chi connectivity index (χ3n) is 3.18. The molecule has 2 aromatic rings. The molecule has 2 heteroatoms. The summed E-state index contributed by atoms with van der Waals surface area (Å²) in [5.74, 6) is 0. The second kappa shape index (κ2) is 6.06. The molecule has 96 valence electrons. The Labute approximate surface area is 114 Å². The van der Waals surface area contributed by atoms with Gasteiger partial charge in [-0.1, -0.05) is 24.3 Å². The van der Waals surface area contributed by atoms with Crippen molar-refractivity contribution in [2.75, 3.05) is 11.4 Å². The van der Waals surface area contributed by atoms with Crippen molar-refractivity contribution in [2.24, 2.45) is 0 Å². The highest BCUT2D eigenvalue weighted by atomic mass is 15.1. The number of rotatable bonds is 4. The zero-order valence-corrected chi connectivity index (χ0v) is 11.4. The fourth-order valence-corrected chi connectivity index (χ4v) is 2.17. The van der Waals surface area contributed by atoms with Crippen LogP contribution >= 0.6 is 0 Å². The zero-order chi connectivity index (χ0) is 13.7. The van der Waals surface area contributed by atoms with Gasteiger partial charge in [0.15, 0.2) is 0 Å². The third-order valence-corrected chi connectivity index (χ3v) is 3.18. The summed E-state index contributed by atoms with van der Waals surface area (Å²) < 4.78 is 0. The van der Waals surface area contributed by atoms with Crippen LogP contribution in [0.25, 0.3) is 0 Å². The monoisotopic (exact) mass is 250 g/mol. The van der Waals surface area contributed by atoms with Crippen LogP contribution in [0.4, 0.5) is 5.69 Å². The third kappa shape index (κ3) is 3.35. The number of nitrogens with zero attached hydrogens (tertiary/aromatic N) is 2. The van der Waals surface area contributed by atoms with E-state index >= 15 is 0 Å². The predicted octanol–water partition coefficient (Wildman–Crippen LogP) is 3.89. The number of hydrogen-bond acceptors (Lipinski definition) is 2. The fraction of sp³-hybridized carbons (Fsp3) is 0.235. The van der Waals surface area contributed by atoms with Crippen molar-refractivity contribution in [1.82, 2.24) is 0 Å². The van der Waals surface area contributed by atoms with Gasteiger partial charge < -0.3 is 4.90 Å². The van der Waals surface area contributed by atoms with Crippen molar-refractivity contribution in [2.45, 2.75) is 20.4 Å². The van der Waals surface area contributed by atoms with Crippen molar-refractivity contribution in [3.8, 4) is 6.07 Å². The van der Waals surface area contributed by atoms with Gasteiger partial charge in [-0.2, -0.15) is 5.26 Å². The molecule has 0 fully saturated rings. The minimum absolute atomic E-state index is 0.720. The molecule has 0 amide bonds. The summed E-state index contributed by atoms with van der Waals surface area (Å²) in [4.78, 5) is 2.31. The average molecular weight is 250 g/mol. The summed E-state index contributed by atoms with van der Waals surface area (Å²) in [6.45, 7) is 6.03. The Bertz CT molecular complexity index is 596. The molecule has 0 unspecified atom stereocenters. The lowest BCUT2D eigenvalue weighted by Crippen LogP contribution is -2.22. The molecule has 2 aromatic carbocycles. The molecule has 0 aliphatic heterocycles. The van der Waals surface area contributed by atoms with Crippen LogP contribution in [0, 0.1) is 18.3 Å². The van der Waals surface area contributed by atoms with Crippen molar-refractivity contribution in [1.29, 1.82) is 5.26 Å². The lowest BCUT2D eigenvalue weighted by atomic mass is 10.1. The first-order chi connectivity index (χ1) is 9.22. The van der Waals surface area contributed by atoms with Crippen molar-refractivity contribution < 1.29 is 0 Å². The first-order valence-corrected chi connectivity index (χ1v) is 6.53. The molecule has 0 radical (unpaired) electrons. The molecule has 19 heavy (non-hydrogen) atoms. The maximum absolute atomic E-state index is 8.94. The summed E-state index contributed by atoms with van der Waals surface area (Å²) in [6.07, 6.45) is 0. The van der Waals surface area contributed by atoms with Crippen LogP contribution in [-0.4, -0.2) is 6.54 Å². The molecule has 0 saturated carbocycles. The molecule has 0 aliphatic carbocycles. The summed E-state index contributed by atoms with van der Waals surface area (Å²) >= 11 is 0. The second-order valence-electron chi connectivity index (χ2n) is 4.67. The number of hydrogen-bond donors (Lipinski definition) is 0. The Morgan fingerprint density at radius 2 is 1.89 bits per heavy atom. The smallest absolute Gasteiger partial charge is 0.0991 e. The predicted molar refractivity (Wildman–Crippen MR) is 79.1 cm³/mol. The first kappa shape index (κ1) is 13.2. The van der Waals surface area contributed by atoms with Gasteiger partial charge in [-0.15, -0.1) is 0 Å². The largest absolute Gasteiger partial charge is 0.367 e. The molecular formula is C17H18N2. The summed E-state index contributed by atoms with van der Waals surface area (Å²) in [5, 5.41) is 8.94. The van der Waals surface area contributed by atoms with Crippen molar-refractivity contribution >= 4 is 5.69 Å². The van der Waals surface area contributed by atoms with E-state index in [1.807, 2.05) is 18.2 Å². The maximum Gasteiger partial charge on any atom is 0.0991 e. The normalized spacial score (nSPS) is 9.95. The number of anilines is 1. The van der Waals surface area contributed by atoms with Gasteiger partial charge in [0.05, 0.1) is 11.6 Å². The van der Waals surface area contributed by atoms with E-state index in [4.69, 9.17) is 5.26 Å². The molecule has 0 aromatic heterocycles. The highest BCUT2D eigenvalue weighted by Crippen LogP contribution is 2.18. The Morgan fingerprint density at radius 1 is 1.11 bits per heavy atom. The van der Waals surface area contributed by atoms with E-state index in [-0.39, 0.29) is 0 Å². The van der Waals surface area contributed by atoms with Crippen LogP contribution < -0.4 is 4.90 Å². The van der Waals surface area contributed by atoms with Gasteiger partial charge in [0, 0.05) is 18.8 Å². The van der Waals surface area contributed by atoms with Crippen molar-refractivity contribution in [3.05, 3.63) is 65.2 Å². The fourth-order valence-electron chi connectivity index (χ4n) is 2.17. The summed E-state index contributed by atoms with van der Waals surface area (Å²) in [5.41, 5.74) is 4.38.